The van der Waals surface area contributed by atoms with Gasteiger partial charge in [-0.3, -0.25) is 9.48 Å². The van der Waals surface area contributed by atoms with Gasteiger partial charge < -0.3 is 10.4 Å². The number of aliphatic carboxylic acids is 1. The van der Waals surface area contributed by atoms with Crippen LogP contribution in [0.15, 0.2) is 24.3 Å². The maximum absolute atomic E-state index is 12.1. The van der Waals surface area contributed by atoms with Crippen molar-refractivity contribution < 1.29 is 14.7 Å². The summed E-state index contributed by atoms with van der Waals surface area (Å²) in [5.74, 6) is -1.31. The maximum atomic E-state index is 12.1. The van der Waals surface area contributed by atoms with Gasteiger partial charge in [0, 0.05) is 12.4 Å². The Kier molecular flexibility index (Phi) is 5.14. The fraction of sp³-hybridized carbons (Fsp3) is 0.438. The molecule has 0 spiro atoms. The minimum atomic E-state index is -0.993. The molecule has 1 heterocycles. The lowest BCUT2D eigenvalue weighted by Gasteiger charge is -2.13. The lowest BCUT2D eigenvalue weighted by molar-refractivity contribution is -0.142. The molecule has 6 nitrogen and oxygen atoms in total. The van der Waals surface area contributed by atoms with Crippen LogP contribution in [0.4, 0.5) is 0 Å². The third kappa shape index (κ3) is 3.63. The third-order valence-electron chi connectivity index (χ3n) is 3.64. The number of rotatable bonds is 7. The fourth-order valence-electron chi connectivity index (χ4n) is 2.48. The topological polar surface area (TPSA) is 84.2 Å². The van der Waals surface area contributed by atoms with Crippen LogP contribution in [0.2, 0.25) is 0 Å². The molecule has 2 aromatic rings. The predicted molar refractivity (Wildman–Crippen MR) is 83.5 cm³/mol. The number of carboxylic acid groups (broad SMARTS) is 1. The monoisotopic (exact) mass is 303 g/mol. The second kappa shape index (κ2) is 7.06. The van der Waals surface area contributed by atoms with E-state index in [1.807, 2.05) is 38.2 Å². The van der Waals surface area contributed by atoms with Crippen molar-refractivity contribution >= 4 is 22.8 Å². The fourth-order valence-corrected chi connectivity index (χ4v) is 2.48. The standard InChI is InChI=1S/C16H21N3O3/c1-3-4-8-12(16(21)22)17-15(20)10-13-11-7-5-6-9-14(11)19(2)18-13/h5-7,9,12H,3-4,8,10H2,1-2H3,(H,17,20)(H,21,22)/t12-/m0/s1. The van der Waals surface area contributed by atoms with Crippen molar-refractivity contribution in [1.29, 1.82) is 0 Å². The molecule has 2 N–H and O–H groups in total. The highest BCUT2D eigenvalue weighted by Crippen LogP contribution is 2.17. The second-order valence-electron chi connectivity index (χ2n) is 5.36. The first-order valence-corrected chi connectivity index (χ1v) is 7.45. The number of unbranched alkanes of at least 4 members (excludes halogenated alkanes) is 1. The lowest BCUT2D eigenvalue weighted by Crippen LogP contribution is -2.41. The minimum Gasteiger partial charge on any atom is -0.480 e. The molecule has 1 aromatic heterocycles. The van der Waals surface area contributed by atoms with Crippen LogP contribution in [0.5, 0.6) is 0 Å². The quantitative estimate of drug-likeness (QED) is 0.818. The summed E-state index contributed by atoms with van der Waals surface area (Å²) in [7, 11) is 1.82. The largest absolute Gasteiger partial charge is 0.480 e. The van der Waals surface area contributed by atoms with E-state index in [1.165, 1.54) is 0 Å². The zero-order valence-electron chi connectivity index (χ0n) is 12.9. The Morgan fingerprint density at radius 2 is 2.09 bits per heavy atom. The van der Waals surface area contributed by atoms with Crippen molar-refractivity contribution in [2.75, 3.05) is 0 Å². The molecule has 1 amide bonds. The van der Waals surface area contributed by atoms with Crippen molar-refractivity contribution in [3.8, 4) is 0 Å². The SMILES string of the molecule is CCCC[C@H](NC(=O)Cc1nn(C)c2ccccc12)C(=O)O. The third-order valence-corrected chi connectivity index (χ3v) is 3.64. The summed E-state index contributed by atoms with van der Waals surface area (Å²) >= 11 is 0. The van der Waals surface area contributed by atoms with Gasteiger partial charge in [-0.1, -0.05) is 38.0 Å². The van der Waals surface area contributed by atoms with E-state index < -0.39 is 12.0 Å². The van der Waals surface area contributed by atoms with Crippen LogP contribution >= 0.6 is 0 Å². The Morgan fingerprint density at radius 3 is 2.77 bits per heavy atom. The number of para-hydroxylation sites is 1. The van der Waals surface area contributed by atoms with Crippen molar-refractivity contribution in [1.82, 2.24) is 15.1 Å². The molecule has 118 valence electrons. The molecule has 0 aliphatic rings. The number of fused-ring (bicyclic) bond motifs is 1. The zero-order valence-corrected chi connectivity index (χ0v) is 12.9. The first-order valence-electron chi connectivity index (χ1n) is 7.45. The highest BCUT2D eigenvalue weighted by Gasteiger charge is 2.20. The number of benzene rings is 1. The summed E-state index contributed by atoms with van der Waals surface area (Å²) in [5, 5.41) is 17.0. The lowest BCUT2D eigenvalue weighted by atomic mass is 10.1. The Balaban J connectivity index is 2.08. The van der Waals surface area contributed by atoms with Gasteiger partial charge in [0.05, 0.1) is 17.6 Å². The van der Waals surface area contributed by atoms with Gasteiger partial charge in [0.1, 0.15) is 6.04 Å². The van der Waals surface area contributed by atoms with Crippen LogP contribution in [0, 0.1) is 0 Å². The molecule has 0 radical (unpaired) electrons. The Bertz CT molecular complexity index is 678. The van der Waals surface area contributed by atoms with Crippen molar-refractivity contribution in [2.45, 2.75) is 38.6 Å². The smallest absolute Gasteiger partial charge is 0.326 e. The van der Waals surface area contributed by atoms with Crippen LogP contribution in [-0.4, -0.2) is 32.8 Å². The number of aromatic nitrogens is 2. The molecule has 0 aliphatic heterocycles. The van der Waals surface area contributed by atoms with Crippen LogP contribution in [0.1, 0.15) is 31.9 Å². The normalized spacial score (nSPS) is 12.3. The summed E-state index contributed by atoms with van der Waals surface area (Å²) in [5.41, 5.74) is 1.61. The van der Waals surface area contributed by atoms with Gasteiger partial charge >= 0.3 is 5.97 Å². The van der Waals surface area contributed by atoms with Crippen LogP contribution in [0.25, 0.3) is 10.9 Å². The number of hydrogen-bond donors (Lipinski definition) is 2. The van der Waals surface area contributed by atoms with E-state index in [0.717, 1.165) is 23.7 Å². The summed E-state index contributed by atoms with van der Waals surface area (Å²) in [6, 6.07) is 6.83. The molecule has 0 saturated carbocycles. The van der Waals surface area contributed by atoms with Gasteiger partial charge in [-0.2, -0.15) is 5.10 Å². The molecule has 6 heteroatoms. The average Bonchev–Trinajstić information content (AvgIpc) is 2.80. The minimum absolute atomic E-state index is 0.0806. The van der Waals surface area contributed by atoms with Crippen molar-refractivity contribution in [2.24, 2.45) is 7.05 Å². The molecule has 0 aliphatic carbocycles. The number of nitrogens with zero attached hydrogens (tertiary/aromatic N) is 2. The van der Waals surface area contributed by atoms with Gasteiger partial charge in [0.25, 0.3) is 0 Å². The number of carboxylic acids is 1. The van der Waals surface area contributed by atoms with E-state index in [2.05, 4.69) is 10.4 Å². The van der Waals surface area contributed by atoms with Gasteiger partial charge in [-0.25, -0.2) is 4.79 Å². The molecule has 0 unspecified atom stereocenters. The highest BCUT2D eigenvalue weighted by molar-refractivity contribution is 5.89. The van der Waals surface area contributed by atoms with E-state index in [9.17, 15) is 9.59 Å². The molecule has 2 rings (SSSR count). The van der Waals surface area contributed by atoms with Crippen LogP contribution in [0.3, 0.4) is 0 Å². The first-order chi connectivity index (χ1) is 10.5. The van der Waals surface area contributed by atoms with Crippen molar-refractivity contribution in [3.05, 3.63) is 30.0 Å². The average molecular weight is 303 g/mol. The molecule has 0 saturated heterocycles. The summed E-state index contributed by atoms with van der Waals surface area (Å²) in [4.78, 5) is 23.3. The molecular formula is C16H21N3O3. The molecular weight excluding hydrogens is 282 g/mol. The van der Waals surface area contributed by atoms with E-state index in [0.29, 0.717) is 12.1 Å². The Hall–Kier alpha value is -2.37. The summed E-state index contributed by atoms with van der Waals surface area (Å²) in [6.45, 7) is 1.99. The zero-order chi connectivity index (χ0) is 16.1. The van der Waals surface area contributed by atoms with Crippen LogP contribution < -0.4 is 5.32 Å². The van der Waals surface area contributed by atoms with Gasteiger partial charge in [-0.05, 0) is 12.5 Å². The molecule has 0 bridgehead atoms. The number of carbonyl (C=O) groups is 2. The second-order valence-corrected chi connectivity index (χ2v) is 5.36. The highest BCUT2D eigenvalue weighted by atomic mass is 16.4. The number of amides is 1. The number of nitrogens with one attached hydrogen (secondary N) is 1. The summed E-state index contributed by atoms with van der Waals surface area (Å²) in [6.07, 6.45) is 2.19. The van der Waals surface area contributed by atoms with E-state index in [4.69, 9.17) is 5.11 Å². The molecule has 22 heavy (non-hydrogen) atoms. The summed E-state index contributed by atoms with van der Waals surface area (Å²) < 4.78 is 1.73. The molecule has 1 aromatic carbocycles. The van der Waals surface area contributed by atoms with Crippen molar-refractivity contribution in [3.63, 3.8) is 0 Å². The Labute approximate surface area is 129 Å². The first kappa shape index (κ1) is 16.0. The van der Waals surface area contributed by atoms with E-state index >= 15 is 0 Å². The van der Waals surface area contributed by atoms with Gasteiger partial charge in [-0.15, -0.1) is 0 Å². The van der Waals surface area contributed by atoms with Crippen LogP contribution in [-0.2, 0) is 23.1 Å². The predicted octanol–water partition coefficient (Wildman–Crippen LogP) is 1.88. The maximum Gasteiger partial charge on any atom is 0.326 e. The Morgan fingerprint density at radius 1 is 1.36 bits per heavy atom. The number of carbonyl (C=O) groups excluding carboxylic acids is 1. The number of hydrogen-bond acceptors (Lipinski definition) is 3. The van der Waals surface area contributed by atoms with E-state index in [1.54, 1.807) is 4.68 Å². The molecule has 1 atom stereocenters. The van der Waals surface area contributed by atoms with E-state index in [-0.39, 0.29) is 12.3 Å². The number of aryl methyl sites for hydroxylation is 1. The van der Waals surface area contributed by atoms with Gasteiger partial charge in [0.15, 0.2) is 0 Å². The van der Waals surface area contributed by atoms with Gasteiger partial charge in [0.2, 0.25) is 5.91 Å². The molecule has 0 fully saturated rings.